The largest absolute Gasteiger partial charge is 0.493 e. The number of aromatic nitrogens is 3. The highest BCUT2D eigenvalue weighted by molar-refractivity contribution is 6.38. The van der Waals surface area contributed by atoms with Crippen molar-refractivity contribution in [3.63, 3.8) is 0 Å². The highest BCUT2D eigenvalue weighted by atomic mass is 35.5. The number of carbonyl (C=O) groups is 2. The van der Waals surface area contributed by atoms with Crippen molar-refractivity contribution < 1.29 is 19.1 Å². The van der Waals surface area contributed by atoms with E-state index in [4.69, 9.17) is 26.8 Å². The number of fused-ring (bicyclic) bond motifs is 2. The SMILES string of the molecule is Cc1nn(C)c2ncc(C(=O)NCCC3COc4ccc(C(N)=NC(=O)OC(C)(C)C)cc43)c(Cl)c12. The van der Waals surface area contributed by atoms with Crippen LogP contribution in [0.3, 0.4) is 0 Å². The molecule has 3 heterocycles. The highest BCUT2D eigenvalue weighted by Gasteiger charge is 2.26. The number of pyridine rings is 1. The van der Waals surface area contributed by atoms with Gasteiger partial charge in [-0.3, -0.25) is 9.48 Å². The number of amides is 2. The molecule has 1 aliphatic heterocycles. The van der Waals surface area contributed by atoms with E-state index >= 15 is 0 Å². The minimum Gasteiger partial charge on any atom is -0.493 e. The van der Waals surface area contributed by atoms with Crippen LogP contribution < -0.4 is 15.8 Å². The maximum Gasteiger partial charge on any atom is 0.436 e. The summed E-state index contributed by atoms with van der Waals surface area (Å²) in [5.41, 5.74) is 8.56. The topological polar surface area (TPSA) is 134 Å². The molecule has 2 amide bonds. The summed E-state index contributed by atoms with van der Waals surface area (Å²) in [7, 11) is 1.78. The lowest BCUT2D eigenvalue weighted by Crippen LogP contribution is -2.26. The van der Waals surface area contributed by atoms with E-state index in [1.54, 1.807) is 44.6 Å². The van der Waals surface area contributed by atoms with E-state index in [1.807, 2.05) is 13.0 Å². The third-order valence-corrected chi connectivity index (χ3v) is 6.17. The molecule has 11 heteroatoms. The van der Waals surface area contributed by atoms with E-state index < -0.39 is 11.7 Å². The van der Waals surface area contributed by atoms with Crippen molar-refractivity contribution in [1.82, 2.24) is 20.1 Å². The molecule has 10 nitrogen and oxygen atoms in total. The first-order valence-electron chi connectivity index (χ1n) is 11.5. The molecule has 0 saturated carbocycles. The second kappa shape index (κ2) is 9.77. The molecule has 1 aromatic carbocycles. The van der Waals surface area contributed by atoms with Gasteiger partial charge in [-0.05, 0) is 52.3 Å². The summed E-state index contributed by atoms with van der Waals surface area (Å²) in [6, 6.07) is 5.41. The highest BCUT2D eigenvalue weighted by Crippen LogP contribution is 2.36. The van der Waals surface area contributed by atoms with Gasteiger partial charge in [0.15, 0.2) is 5.65 Å². The predicted octanol–water partition coefficient (Wildman–Crippen LogP) is 3.87. The minimum atomic E-state index is -0.746. The molecular formula is C25H29ClN6O4. The van der Waals surface area contributed by atoms with Gasteiger partial charge in [0.05, 0.1) is 28.3 Å². The molecule has 0 bridgehead atoms. The van der Waals surface area contributed by atoms with E-state index in [0.717, 1.165) is 11.3 Å². The maximum absolute atomic E-state index is 12.8. The molecule has 0 spiro atoms. The molecule has 1 atom stereocenters. The van der Waals surface area contributed by atoms with Gasteiger partial charge in [-0.15, -0.1) is 0 Å². The molecule has 0 aliphatic carbocycles. The van der Waals surface area contributed by atoms with E-state index in [-0.39, 0.29) is 17.7 Å². The molecule has 0 radical (unpaired) electrons. The number of nitrogens with one attached hydrogen (secondary N) is 1. The van der Waals surface area contributed by atoms with Gasteiger partial charge in [-0.1, -0.05) is 11.6 Å². The summed E-state index contributed by atoms with van der Waals surface area (Å²) >= 11 is 6.52. The Labute approximate surface area is 213 Å². The molecule has 3 N–H and O–H groups in total. The summed E-state index contributed by atoms with van der Waals surface area (Å²) in [6.45, 7) is 7.98. The average molecular weight is 513 g/mol. The van der Waals surface area contributed by atoms with E-state index in [9.17, 15) is 9.59 Å². The maximum atomic E-state index is 12.8. The van der Waals surface area contributed by atoms with Gasteiger partial charge in [0, 0.05) is 36.8 Å². The third kappa shape index (κ3) is 5.28. The summed E-state index contributed by atoms with van der Waals surface area (Å²) in [4.78, 5) is 33.0. The smallest absolute Gasteiger partial charge is 0.436 e. The molecule has 36 heavy (non-hydrogen) atoms. The lowest BCUT2D eigenvalue weighted by molar-refractivity contribution is 0.0604. The van der Waals surface area contributed by atoms with E-state index in [1.165, 1.54) is 6.20 Å². The fraction of sp³-hybridized carbons (Fsp3) is 0.400. The van der Waals surface area contributed by atoms with Crippen LogP contribution in [0.1, 0.15) is 60.3 Å². The Hall–Kier alpha value is -3.66. The zero-order chi connectivity index (χ0) is 26.2. The zero-order valence-corrected chi connectivity index (χ0v) is 21.6. The number of hydrogen-bond donors (Lipinski definition) is 2. The van der Waals surface area contributed by atoms with Crippen molar-refractivity contribution in [3.05, 3.63) is 51.8 Å². The molecule has 1 aliphatic rings. The van der Waals surface area contributed by atoms with Gasteiger partial charge in [-0.2, -0.15) is 10.1 Å². The van der Waals surface area contributed by atoms with Crippen LogP contribution in [0.15, 0.2) is 29.4 Å². The van der Waals surface area contributed by atoms with Crippen LogP contribution in [0.4, 0.5) is 4.79 Å². The number of benzene rings is 1. The Morgan fingerprint density at radius 1 is 1.36 bits per heavy atom. The van der Waals surface area contributed by atoms with Crippen LogP contribution in [0.2, 0.25) is 5.02 Å². The first kappa shape index (κ1) is 25.4. The molecule has 4 rings (SSSR count). The molecule has 0 fully saturated rings. The lowest BCUT2D eigenvalue weighted by atomic mass is 9.96. The van der Waals surface area contributed by atoms with Crippen molar-refractivity contribution in [2.45, 2.75) is 45.6 Å². The van der Waals surface area contributed by atoms with Crippen LogP contribution in [0.5, 0.6) is 5.75 Å². The van der Waals surface area contributed by atoms with E-state index in [2.05, 4.69) is 20.4 Å². The van der Waals surface area contributed by atoms with Crippen LogP contribution >= 0.6 is 11.6 Å². The number of rotatable bonds is 5. The predicted molar refractivity (Wildman–Crippen MR) is 137 cm³/mol. The number of amidine groups is 1. The molecule has 190 valence electrons. The molecule has 3 aromatic rings. The molecule has 0 saturated heterocycles. The Kier molecular flexibility index (Phi) is 6.90. The number of ether oxygens (including phenoxy) is 2. The number of carbonyl (C=O) groups excluding carboxylic acids is 2. The Balaban J connectivity index is 1.42. The van der Waals surface area contributed by atoms with Crippen molar-refractivity contribution in [2.75, 3.05) is 13.2 Å². The summed E-state index contributed by atoms with van der Waals surface area (Å²) in [5, 5.41) is 8.24. The number of hydrogen-bond acceptors (Lipinski definition) is 6. The van der Waals surface area contributed by atoms with Crippen LogP contribution in [-0.4, -0.2) is 51.4 Å². The molecule has 1 unspecified atom stereocenters. The molecular weight excluding hydrogens is 484 g/mol. The second-order valence-electron chi connectivity index (χ2n) is 9.68. The van der Waals surface area contributed by atoms with Crippen LogP contribution in [0, 0.1) is 6.92 Å². The minimum absolute atomic E-state index is 0.0335. The number of nitrogens with two attached hydrogens (primary N) is 1. The van der Waals surface area contributed by atoms with Crippen molar-refractivity contribution in [3.8, 4) is 5.75 Å². The van der Waals surface area contributed by atoms with Crippen LogP contribution in [0.25, 0.3) is 11.0 Å². The number of aliphatic imine (C=N–C) groups is 1. The van der Waals surface area contributed by atoms with Gasteiger partial charge in [-0.25, -0.2) is 9.78 Å². The fourth-order valence-corrected chi connectivity index (χ4v) is 4.46. The molecule has 2 aromatic heterocycles. The van der Waals surface area contributed by atoms with Crippen molar-refractivity contribution in [1.29, 1.82) is 0 Å². The van der Waals surface area contributed by atoms with Gasteiger partial charge in [0.25, 0.3) is 5.91 Å². The van der Waals surface area contributed by atoms with Gasteiger partial charge >= 0.3 is 6.09 Å². The number of halogens is 1. The average Bonchev–Trinajstić information content (AvgIpc) is 3.32. The van der Waals surface area contributed by atoms with Crippen LogP contribution in [-0.2, 0) is 11.8 Å². The quantitative estimate of drug-likeness (QED) is 0.391. The fourth-order valence-electron chi connectivity index (χ4n) is 4.11. The van der Waals surface area contributed by atoms with Gasteiger partial charge in [0.2, 0.25) is 0 Å². The summed E-state index contributed by atoms with van der Waals surface area (Å²) in [5.74, 6) is 0.532. The van der Waals surface area contributed by atoms with Gasteiger partial charge in [0.1, 0.15) is 17.2 Å². The monoisotopic (exact) mass is 512 g/mol. The number of nitrogens with zero attached hydrogens (tertiary/aromatic N) is 4. The first-order chi connectivity index (χ1) is 16.9. The summed E-state index contributed by atoms with van der Waals surface area (Å²) in [6.07, 6.45) is 1.35. The Morgan fingerprint density at radius 2 is 2.11 bits per heavy atom. The van der Waals surface area contributed by atoms with Crippen molar-refractivity contribution >= 4 is 40.5 Å². The first-order valence-corrected chi connectivity index (χ1v) is 11.9. The normalized spacial score (nSPS) is 15.5. The van der Waals surface area contributed by atoms with Gasteiger partial charge < -0.3 is 20.5 Å². The summed E-state index contributed by atoms with van der Waals surface area (Å²) < 4.78 is 12.6. The third-order valence-electron chi connectivity index (χ3n) is 5.78. The zero-order valence-electron chi connectivity index (χ0n) is 20.9. The lowest BCUT2D eigenvalue weighted by Gasteiger charge is -2.17. The van der Waals surface area contributed by atoms with E-state index in [0.29, 0.717) is 52.4 Å². The Morgan fingerprint density at radius 3 is 2.83 bits per heavy atom. The second-order valence-corrected chi connectivity index (χ2v) is 10.1. The standard InChI is InChI=1S/C25H29ClN6O4/c1-13-19-20(26)17(11-29-22(19)32(5)31-13)23(33)28-9-8-15-12-35-18-7-6-14(10-16(15)18)21(27)30-24(34)36-25(2,3)4/h6-7,10-11,15H,8-9,12H2,1-5H3,(H,28,33)(H2,27,30,34). The number of aryl methyl sites for hydroxylation is 2. The Bertz CT molecular complexity index is 1380. The van der Waals surface area contributed by atoms with Crippen molar-refractivity contribution in [2.24, 2.45) is 17.8 Å².